The van der Waals surface area contributed by atoms with Gasteiger partial charge in [0.2, 0.25) is 5.78 Å². The average Bonchev–Trinajstić information content (AvgIpc) is 2.71. The van der Waals surface area contributed by atoms with Gasteiger partial charge in [-0.3, -0.25) is 4.79 Å². The molecule has 1 fully saturated rings. The molecule has 1 aromatic rings. The number of carbonyl (C=O) groups excluding carboxylic acids is 2. The normalized spacial score (nSPS) is 19.6. The number of hydrogen-bond donors (Lipinski definition) is 3. The van der Waals surface area contributed by atoms with Gasteiger partial charge in [0.1, 0.15) is 11.4 Å². The van der Waals surface area contributed by atoms with E-state index in [-0.39, 0.29) is 34.5 Å². The van der Waals surface area contributed by atoms with E-state index in [9.17, 15) is 22.4 Å². The molecule has 33 heavy (non-hydrogen) atoms. The second-order valence-corrected chi connectivity index (χ2v) is 11.6. The molecule has 0 atom stereocenters. The highest BCUT2D eigenvalue weighted by Crippen LogP contribution is 2.30. The fourth-order valence-electron chi connectivity index (χ4n) is 3.33. The fraction of sp³-hybridized carbons (Fsp3) is 0.550. The molecule has 184 valence electrons. The third-order valence-corrected chi connectivity index (χ3v) is 6.97. The summed E-state index contributed by atoms with van der Waals surface area (Å²) in [6.07, 6.45) is 1.39. The smallest absolute Gasteiger partial charge is 0.422 e. The number of carbonyl (C=O) groups is 2. The summed E-state index contributed by atoms with van der Waals surface area (Å²) >= 11 is 4.86. The zero-order chi connectivity index (χ0) is 24.8. The number of halogens is 3. The number of rotatable bonds is 7. The Bertz CT molecular complexity index is 1010. The number of ether oxygens (including phenoxy) is 1. The van der Waals surface area contributed by atoms with Crippen LogP contribution in [0.15, 0.2) is 25.9 Å². The van der Waals surface area contributed by atoms with Crippen LogP contribution in [0.1, 0.15) is 46.5 Å². The largest absolute Gasteiger partial charge is 0.443 e. The Kier molecular flexibility index (Phi) is 10.1. The van der Waals surface area contributed by atoms with Crippen molar-refractivity contribution in [1.82, 2.24) is 9.44 Å². The van der Waals surface area contributed by atoms with Crippen LogP contribution in [0.2, 0.25) is 0 Å². The molecule has 0 heterocycles. The van der Waals surface area contributed by atoms with E-state index in [0.717, 1.165) is 0 Å². The summed E-state index contributed by atoms with van der Waals surface area (Å²) in [5.74, 6) is -0.585. The van der Waals surface area contributed by atoms with Crippen LogP contribution in [0, 0.1) is 17.7 Å². The quantitative estimate of drug-likeness (QED) is 0.225. The first-order chi connectivity index (χ1) is 15.3. The lowest BCUT2D eigenvalue weighted by Gasteiger charge is -2.28. The van der Waals surface area contributed by atoms with Crippen molar-refractivity contribution in [2.24, 2.45) is 15.0 Å². The van der Waals surface area contributed by atoms with E-state index in [1.54, 1.807) is 43.6 Å². The fourth-order valence-corrected chi connectivity index (χ4v) is 4.85. The minimum absolute atomic E-state index is 0.0327. The lowest BCUT2D eigenvalue weighted by atomic mass is 9.80. The number of Topliss-reactive ketones (excluding diaryl/α,β-unsaturated/α-hetero) is 1. The van der Waals surface area contributed by atoms with Gasteiger partial charge in [-0.2, -0.15) is 16.3 Å². The molecule has 1 amide bonds. The average molecular weight is 661 g/mol. The molecule has 0 radical (unpaired) electrons. The van der Waals surface area contributed by atoms with Crippen LogP contribution in [0.3, 0.4) is 0 Å². The Morgan fingerprint density at radius 2 is 1.88 bits per heavy atom. The number of amidine groups is 1. The van der Waals surface area contributed by atoms with Crippen molar-refractivity contribution in [2.45, 2.75) is 52.1 Å². The Balaban J connectivity index is 1.83. The molecule has 9 nitrogen and oxygen atoms in total. The SMILES string of the molecule is CC(C)(C)OC(=O)NS(=O)(=O)NCC1CCC(C(=O)/C(=N/I)Nc2ccc(F)c(Br)c2)CC1. The summed E-state index contributed by atoms with van der Waals surface area (Å²) in [5.41, 5.74) is -0.278. The van der Waals surface area contributed by atoms with E-state index in [4.69, 9.17) is 4.74 Å². The van der Waals surface area contributed by atoms with E-state index in [1.807, 2.05) is 4.72 Å². The molecule has 0 bridgehead atoms. The number of nitrogens with zero attached hydrogens (tertiary/aromatic N) is 1. The van der Waals surface area contributed by atoms with Crippen LogP contribution < -0.4 is 14.8 Å². The standard InChI is InChI=1S/C20H27BrFIN4O5S/c1-20(2,3)32-19(29)27-33(30,31)24-11-12-4-6-13(7-5-12)17(28)18(26-23)25-14-8-9-16(22)15(21)10-14/h8-10,12-13,24H,4-7,11H2,1-3H3,(H,25,26)(H,27,29). The predicted molar refractivity (Wildman–Crippen MR) is 136 cm³/mol. The van der Waals surface area contributed by atoms with Gasteiger partial charge < -0.3 is 10.1 Å². The molecule has 0 spiro atoms. The highest BCUT2D eigenvalue weighted by atomic mass is 127. The second-order valence-electron chi connectivity index (χ2n) is 8.72. The first kappa shape index (κ1) is 27.9. The minimum atomic E-state index is -4.04. The summed E-state index contributed by atoms with van der Waals surface area (Å²) < 4.78 is 51.0. The van der Waals surface area contributed by atoms with Gasteiger partial charge in [-0.25, -0.2) is 13.9 Å². The summed E-state index contributed by atoms with van der Waals surface area (Å²) in [6, 6.07) is 4.33. The second kappa shape index (κ2) is 11.9. The Labute approximate surface area is 215 Å². The number of ketones is 1. The number of benzene rings is 1. The molecule has 1 aromatic carbocycles. The lowest BCUT2D eigenvalue weighted by molar-refractivity contribution is -0.117. The Hall–Kier alpha value is -1.32. The maximum absolute atomic E-state index is 13.4. The van der Waals surface area contributed by atoms with Gasteiger partial charge in [0.05, 0.1) is 27.3 Å². The van der Waals surface area contributed by atoms with E-state index >= 15 is 0 Å². The predicted octanol–water partition coefficient (Wildman–Crippen LogP) is 4.48. The summed E-state index contributed by atoms with van der Waals surface area (Å²) in [5, 5.41) is 2.94. The molecule has 13 heteroatoms. The molecule has 3 N–H and O–H groups in total. The highest BCUT2D eigenvalue weighted by Gasteiger charge is 2.30. The third kappa shape index (κ3) is 9.45. The molecule has 2 rings (SSSR count). The summed E-state index contributed by atoms with van der Waals surface area (Å²) in [6.45, 7) is 5.05. The molecule has 0 aliphatic heterocycles. The first-order valence-electron chi connectivity index (χ1n) is 10.3. The maximum atomic E-state index is 13.4. The van der Waals surface area contributed by atoms with Crippen LogP contribution in [0.5, 0.6) is 0 Å². The van der Waals surface area contributed by atoms with Gasteiger partial charge in [-0.1, -0.05) is 0 Å². The van der Waals surface area contributed by atoms with E-state index in [2.05, 4.69) is 29.2 Å². The number of hydrogen-bond acceptors (Lipinski definition) is 6. The van der Waals surface area contributed by atoms with Gasteiger partial charge in [0.25, 0.3) is 0 Å². The van der Waals surface area contributed by atoms with Gasteiger partial charge in [0, 0.05) is 18.2 Å². The molecular formula is C20H27BrFIN4O5S. The van der Waals surface area contributed by atoms with Crippen LogP contribution in [0.4, 0.5) is 14.9 Å². The van der Waals surface area contributed by atoms with Crippen molar-refractivity contribution in [2.75, 3.05) is 11.9 Å². The van der Waals surface area contributed by atoms with Crippen LogP contribution >= 0.6 is 38.8 Å². The topological polar surface area (TPSA) is 126 Å². The van der Waals surface area contributed by atoms with Gasteiger partial charge in [-0.05, 0) is 86.5 Å². The zero-order valence-corrected chi connectivity index (χ0v) is 23.0. The van der Waals surface area contributed by atoms with E-state index < -0.39 is 27.7 Å². The van der Waals surface area contributed by atoms with Crippen molar-refractivity contribution in [3.05, 3.63) is 28.5 Å². The molecule has 1 aliphatic carbocycles. The molecule has 0 saturated heterocycles. The Morgan fingerprint density at radius 3 is 2.42 bits per heavy atom. The number of nitrogens with one attached hydrogen (secondary N) is 3. The number of anilines is 1. The van der Waals surface area contributed by atoms with Crippen molar-refractivity contribution in [1.29, 1.82) is 0 Å². The van der Waals surface area contributed by atoms with Crippen molar-refractivity contribution >= 4 is 72.4 Å². The van der Waals surface area contributed by atoms with Crippen molar-refractivity contribution in [3.8, 4) is 0 Å². The molecule has 0 aromatic heterocycles. The maximum Gasteiger partial charge on any atom is 0.422 e. The molecule has 1 aliphatic rings. The molecule has 1 saturated carbocycles. The van der Waals surface area contributed by atoms with Gasteiger partial charge in [0.15, 0.2) is 5.84 Å². The summed E-state index contributed by atoms with van der Waals surface area (Å²) in [7, 11) is -4.04. The van der Waals surface area contributed by atoms with E-state index in [0.29, 0.717) is 31.4 Å². The van der Waals surface area contributed by atoms with Crippen LogP contribution in [-0.4, -0.2) is 38.3 Å². The van der Waals surface area contributed by atoms with Gasteiger partial charge in [-0.15, -0.1) is 0 Å². The highest BCUT2D eigenvalue weighted by molar-refractivity contribution is 14.1. The van der Waals surface area contributed by atoms with E-state index in [1.165, 1.54) is 18.2 Å². The van der Waals surface area contributed by atoms with Gasteiger partial charge >= 0.3 is 16.3 Å². The monoisotopic (exact) mass is 660 g/mol. The lowest BCUT2D eigenvalue weighted by Crippen LogP contribution is -2.44. The van der Waals surface area contributed by atoms with Crippen LogP contribution in [0.25, 0.3) is 0 Å². The van der Waals surface area contributed by atoms with Crippen molar-refractivity contribution < 1.29 is 27.1 Å². The number of amides is 1. The first-order valence-corrected chi connectivity index (χ1v) is 13.5. The Morgan fingerprint density at radius 1 is 1.24 bits per heavy atom. The zero-order valence-electron chi connectivity index (χ0n) is 18.5. The molecule has 0 unspecified atom stereocenters. The minimum Gasteiger partial charge on any atom is -0.443 e. The molecular weight excluding hydrogens is 634 g/mol. The van der Waals surface area contributed by atoms with Crippen LogP contribution in [-0.2, 0) is 19.7 Å². The summed E-state index contributed by atoms with van der Waals surface area (Å²) in [4.78, 5) is 24.6. The van der Waals surface area contributed by atoms with Crippen molar-refractivity contribution in [3.63, 3.8) is 0 Å². The third-order valence-electron chi connectivity index (χ3n) is 4.90.